The van der Waals surface area contributed by atoms with Crippen molar-refractivity contribution >= 4 is 64.6 Å². The summed E-state index contributed by atoms with van der Waals surface area (Å²) in [6, 6.07) is 45.4. The van der Waals surface area contributed by atoms with Crippen molar-refractivity contribution < 1.29 is 5.48 Å². The van der Waals surface area contributed by atoms with E-state index in [0.717, 1.165) is 53.9 Å². The van der Waals surface area contributed by atoms with Crippen LogP contribution in [0.4, 0.5) is 0 Å². The largest absolute Gasteiger partial charge is 0.0629 e. The molecule has 0 saturated carbocycles. The van der Waals surface area contributed by atoms with Crippen LogP contribution in [-0.2, 0) is 0 Å². The normalized spacial score (nSPS) is 13.1. The van der Waals surface area contributed by atoms with Gasteiger partial charge >= 0.3 is 0 Å². The average molecular weight is 535 g/mol. The quantitative estimate of drug-likeness (QED) is 0.153. The summed E-state index contributed by atoms with van der Waals surface area (Å²) in [4.78, 5) is 0. The van der Waals surface area contributed by atoms with Crippen molar-refractivity contribution in [1.82, 2.24) is 0 Å². The Kier molecular flexibility index (Phi) is 4.21. The molecule has 0 aromatic heterocycles. The second kappa shape index (κ2) is 9.03. The molecular formula is C42H26. The number of rotatable bonds is 2. The van der Waals surface area contributed by atoms with Gasteiger partial charge in [0, 0.05) is 0 Å². The first kappa shape index (κ1) is 19.6. The maximum atomic E-state index is 9.25. The van der Waals surface area contributed by atoms with Gasteiger partial charge in [0.1, 0.15) is 0 Å². The molecule has 0 N–H and O–H groups in total. The van der Waals surface area contributed by atoms with Gasteiger partial charge in [-0.3, -0.25) is 0 Å². The zero-order valence-corrected chi connectivity index (χ0v) is 22.7. The molecule has 9 aromatic rings. The fourth-order valence-corrected chi connectivity index (χ4v) is 6.59. The predicted molar refractivity (Wildman–Crippen MR) is 182 cm³/mol. The van der Waals surface area contributed by atoms with Crippen LogP contribution < -0.4 is 0 Å². The third kappa shape index (κ3) is 3.56. The molecule has 0 nitrogen and oxygen atoms in total. The maximum absolute atomic E-state index is 9.25. The van der Waals surface area contributed by atoms with Gasteiger partial charge in [-0.2, -0.15) is 0 Å². The highest BCUT2D eigenvalue weighted by Crippen LogP contribution is 2.39. The second-order valence-corrected chi connectivity index (χ2v) is 11.0. The van der Waals surface area contributed by atoms with E-state index in [2.05, 4.69) is 72.8 Å². The van der Waals surface area contributed by atoms with Crippen LogP contribution in [0.25, 0.3) is 86.9 Å². The zero-order chi connectivity index (χ0) is 31.1. The summed E-state index contributed by atoms with van der Waals surface area (Å²) in [6.07, 6.45) is 0. The topological polar surface area (TPSA) is 0 Å². The number of hydrogen-bond acceptors (Lipinski definition) is 0. The molecule has 0 aliphatic rings. The van der Waals surface area contributed by atoms with Crippen molar-refractivity contribution in [1.29, 1.82) is 0 Å². The van der Waals surface area contributed by atoms with E-state index in [-0.39, 0.29) is 24.2 Å². The first-order chi connectivity index (χ1) is 22.5. The van der Waals surface area contributed by atoms with Crippen molar-refractivity contribution in [2.75, 3.05) is 0 Å². The molecule has 194 valence electrons. The molecule has 0 spiro atoms. The van der Waals surface area contributed by atoms with Crippen LogP contribution >= 0.6 is 0 Å². The molecule has 9 aromatic carbocycles. The van der Waals surface area contributed by atoms with Gasteiger partial charge in [0.05, 0.1) is 5.48 Å². The lowest BCUT2D eigenvalue weighted by atomic mass is 9.90. The third-order valence-electron chi connectivity index (χ3n) is 8.63. The standard InChI is InChI=1S/C42H26/c1-3-9-36-28(7-1)17-21-33-23-32-20-19-31(24-35(32)26-41(33)36)27-13-15-30(16-14-27)40-25-34-22-18-29-8-2-4-10-37(29)42(34)39-12-6-5-11-38(39)40/h1-26H/i13D,14D,15D,16D. The summed E-state index contributed by atoms with van der Waals surface area (Å²) in [6.45, 7) is 0. The number of hydrogen-bond donors (Lipinski definition) is 0. The fraction of sp³-hybridized carbons (Fsp3) is 0. The van der Waals surface area contributed by atoms with E-state index in [1.165, 1.54) is 10.8 Å². The Bertz CT molecular complexity index is 2710. The van der Waals surface area contributed by atoms with Crippen molar-refractivity contribution in [3.05, 3.63) is 158 Å². The molecule has 0 fully saturated rings. The smallest absolute Gasteiger partial charge is 0.0616 e. The van der Waals surface area contributed by atoms with Crippen molar-refractivity contribution in [3.63, 3.8) is 0 Å². The number of fused-ring (bicyclic) bond motifs is 9. The van der Waals surface area contributed by atoms with E-state index in [1.807, 2.05) is 60.7 Å². The van der Waals surface area contributed by atoms with Gasteiger partial charge in [-0.1, -0.05) is 133 Å². The van der Waals surface area contributed by atoms with Crippen LogP contribution in [0.15, 0.2) is 158 Å². The Labute approximate surface area is 249 Å². The van der Waals surface area contributed by atoms with Gasteiger partial charge in [-0.05, 0) is 111 Å². The predicted octanol–water partition coefficient (Wildman–Crippen LogP) is 11.9. The summed E-state index contributed by atoms with van der Waals surface area (Å²) < 4.78 is 36.9. The lowest BCUT2D eigenvalue weighted by Gasteiger charge is -2.14. The summed E-state index contributed by atoms with van der Waals surface area (Å²) in [5, 5.41) is 13.1. The molecule has 0 atom stereocenters. The van der Waals surface area contributed by atoms with Crippen molar-refractivity contribution in [2.45, 2.75) is 0 Å². The number of benzene rings is 9. The highest BCUT2D eigenvalue weighted by molar-refractivity contribution is 6.23. The highest BCUT2D eigenvalue weighted by Gasteiger charge is 2.12. The summed E-state index contributed by atoms with van der Waals surface area (Å²) >= 11 is 0. The Hall–Kier alpha value is -5.46. The van der Waals surface area contributed by atoms with Gasteiger partial charge in [0.25, 0.3) is 0 Å². The molecule has 0 unspecified atom stereocenters. The Balaban J connectivity index is 1.27. The van der Waals surface area contributed by atoms with Crippen LogP contribution in [0.2, 0.25) is 0 Å². The molecule has 0 heterocycles. The van der Waals surface area contributed by atoms with Crippen LogP contribution in [-0.4, -0.2) is 0 Å². The molecule has 0 amide bonds. The van der Waals surface area contributed by atoms with E-state index in [0.29, 0.717) is 22.3 Å². The summed E-state index contributed by atoms with van der Waals surface area (Å²) in [5.41, 5.74) is 2.02. The molecule has 9 rings (SSSR count). The SMILES string of the molecule is [2H]c1c([2H])c(-c2cc3ccc4ccccc4c3c3ccccc23)c([2H])c([2H])c1-c1ccc2cc3ccc4ccccc4c3cc2c1. The molecule has 0 radical (unpaired) electrons. The van der Waals surface area contributed by atoms with E-state index >= 15 is 0 Å². The van der Waals surface area contributed by atoms with Gasteiger partial charge in [0.15, 0.2) is 0 Å². The first-order valence-corrected chi connectivity index (χ1v) is 14.3. The van der Waals surface area contributed by atoms with Gasteiger partial charge < -0.3 is 0 Å². The second-order valence-electron chi connectivity index (χ2n) is 11.0. The van der Waals surface area contributed by atoms with E-state index in [1.54, 1.807) is 0 Å². The molecule has 0 saturated heterocycles. The lowest BCUT2D eigenvalue weighted by molar-refractivity contribution is 1.63. The molecular weight excluding hydrogens is 504 g/mol. The first-order valence-electron chi connectivity index (χ1n) is 16.3. The fourth-order valence-electron chi connectivity index (χ4n) is 6.59. The van der Waals surface area contributed by atoms with Crippen molar-refractivity contribution in [3.8, 4) is 22.3 Å². The minimum atomic E-state index is -0.0377. The monoisotopic (exact) mass is 534 g/mol. The lowest BCUT2D eigenvalue weighted by Crippen LogP contribution is -1.87. The maximum Gasteiger partial charge on any atom is 0.0629 e. The van der Waals surface area contributed by atoms with Gasteiger partial charge in [-0.25, -0.2) is 0 Å². The molecule has 0 heteroatoms. The van der Waals surface area contributed by atoms with Gasteiger partial charge in [-0.15, -0.1) is 0 Å². The Morgan fingerprint density at radius 1 is 0.310 bits per heavy atom. The highest BCUT2D eigenvalue weighted by atomic mass is 14.2. The van der Waals surface area contributed by atoms with Crippen LogP contribution in [0, 0.1) is 0 Å². The molecule has 42 heavy (non-hydrogen) atoms. The summed E-state index contributed by atoms with van der Waals surface area (Å²) in [5.74, 6) is 0. The van der Waals surface area contributed by atoms with Crippen LogP contribution in [0.5, 0.6) is 0 Å². The molecule has 0 aliphatic heterocycles. The molecule has 0 bridgehead atoms. The summed E-state index contributed by atoms with van der Waals surface area (Å²) in [7, 11) is 0. The third-order valence-corrected chi connectivity index (χ3v) is 8.63. The Morgan fingerprint density at radius 3 is 1.71 bits per heavy atom. The van der Waals surface area contributed by atoms with Crippen LogP contribution in [0.3, 0.4) is 0 Å². The van der Waals surface area contributed by atoms with Gasteiger partial charge in [0.2, 0.25) is 0 Å². The van der Waals surface area contributed by atoms with E-state index in [4.69, 9.17) is 0 Å². The Morgan fingerprint density at radius 2 is 0.905 bits per heavy atom. The van der Waals surface area contributed by atoms with E-state index in [9.17, 15) is 5.48 Å². The minimum absolute atomic E-state index is 0.0362. The van der Waals surface area contributed by atoms with Crippen LogP contribution in [0.1, 0.15) is 5.48 Å². The average Bonchev–Trinajstić information content (AvgIpc) is 3.10. The van der Waals surface area contributed by atoms with E-state index < -0.39 is 0 Å². The van der Waals surface area contributed by atoms with Crippen molar-refractivity contribution in [2.24, 2.45) is 0 Å². The minimum Gasteiger partial charge on any atom is -0.0616 e. The molecule has 0 aliphatic carbocycles. The zero-order valence-electron chi connectivity index (χ0n) is 26.7.